The van der Waals surface area contributed by atoms with Crippen LogP contribution >= 0.6 is 0 Å². The van der Waals surface area contributed by atoms with E-state index in [0.29, 0.717) is 0 Å². The zero-order valence-electron chi connectivity index (χ0n) is 12.1. The quantitative estimate of drug-likeness (QED) is 0.861. The fourth-order valence-electron chi connectivity index (χ4n) is 1.69. The van der Waals surface area contributed by atoms with Gasteiger partial charge in [0.1, 0.15) is 0 Å². The van der Waals surface area contributed by atoms with Crippen molar-refractivity contribution in [2.24, 2.45) is 5.41 Å². The van der Waals surface area contributed by atoms with Crippen molar-refractivity contribution >= 4 is 16.0 Å². The van der Waals surface area contributed by atoms with E-state index in [9.17, 15) is 13.2 Å². The summed E-state index contributed by atoms with van der Waals surface area (Å²) in [6.45, 7) is 5.28. The number of nitriles is 1. The maximum absolute atomic E-state index is 12.3. The fourth-order valence-corrected chi connectivity index (χ4v) is 3.17. The van der Waals surface area contributed by atoms with Gasteiger partial charge in [-0.3, -0.25) is 4.79 Å². The molecular formula is C14H18N2O4S. The van der Waals surface area contributed by atoms with E-state index in [-0.39, 0.29) is 16.9 Å². The van der Waals surface area contributed by atoms with Crippen LogP contribution in [0, 0.1) is 16.7 Å². The van der Waals surface area contributed by atoms with Gasteiger partial charge in [0, 0.05) is 6.04 Å². The topological polar surface area (TPSA) is 107 Å². The Balaban J connectivity index is 3.12. The predicted octanol–water partition coefficient (Wildman–Crippen LogP) is 1.73. The Hall–Kier alpha value is -1.91. The molecule has 0 saturated carbocycles. The molecule has 6 nitrogen and oxygen atoms in total. The SMILES string of the molecule is CC(C)(C)C(CC(=O)O)NS(=O)(=O)c1cccc(C#N)c1. The lowest BCUT2D eigenvalue weighted by atomic mass is 9.85. The maximum Gasteiger partial charge on any atom is 0.304 e. The second-order valence-corrected chi connectivity index (χ2v) is 7.49. The predicted molar refractivity (Wildman–Crippen MR) is 77.0 cm³/mol. The molecule has 0 heterocycles. The van der Waals surface area contributed by atoms with Crippen molar-refractivity contribution in [1.82, 2.24) is 4.72 Å². The highest BCUT2D eigenvalue weighted by Gasteiger charge is 2.31. The standard InChI is InChI=1S/C14H18N2O4S/c1-14(2,3)12(8-13(17)18)16-21(19,20)11-6-4-5-10(7-11)9-15/h4-7,12,16H,8H2,1-3H3,(H,17,18). The number of rotatable bonds is 5. The fraction of sp³-hybridized carbons (Fsp3) is 0.429. The van der Waals surface area contributed by atoms with Gasteiger partial charge in [-0.2, -0.15) is 5.26 Å². The normalized spacial score (nSPS) is 13.4. The number of carboxylic acids is 1. The van der Waals surface area contributed by atoms with Crippen LogP contribution in [-0.2, 0) is 14.8 Å². The highest BCUT2D eigenvalue weighted by atomic mass is 32.2. The first-order chi connectivity index (χ1) is 9.56. The molecule has 1 aromatic carbocycles. The van der Waals surface area contributed by atoms with Crippen LogP contribution in [0.15, 0.2) is 29.2 Å². The summed E-state index contributed by atoms with van der Waals surface area (Å²) in [6.07, 6.45) is -0.319. The van der Waals surface area contributed by atoms with Crippen molar-refractivity contribution in [3.8, 4) is 6.07 Å². The Bertz CT molecular complexity index is 669. The van der Waals surface area contributed by atoms with Crippen molar-refractivity contribution in [1.29, 1.82) is 5.26 Å². The second kappa shape index (κ2) is 6.24. The smallest absolute Gasteiger partial charge is 0.304 e. The first kappa shape index (κ1) is 17.1. The molecule has 0 aliphatic heterocycles. The molecule has 2 N–H and O–H groups in total. The molecule has 114 valence electrons. The van der Waals surface area contributed by atoms with Gasteiger partial charge < -0.3 is 5.11 Å². The number of carbonyl (C=O) groups is 1. The average molecular weight is 310 g/mol. The van der Waals surface area contributed by atoms with Gasteiger partial charge in [-0.1, -0.05) is 26.8 Å². The van der Waals surface area contributed by atoms with Crippen molar-refractivity contribution in [3.63, 3.8) is 0 Å². The number of hydrogen-bond acceptors (Lipinski definition) is 4. The van der Waals surface area contributed by atoms with Crippen molar-refractivity contribution in [2.45, 2.75) is 38.1 Å². The van der Waals surface area contributed by atoms with Gasteiger partial charge in [0.15, 0.2) is 0 Å². The zero-order valence-corrected chi connectivity index (χ0v) is 12.9. The van der Waals surface area contributed by atoms with E-state index in [1.807, 2.05) is 6.07 Å². The van der Waals surface area contributed by atoms with E-state index >= 15 is 0 Å². The molecule has 0 fully saturated rings. The number of benzene rings is 1. The molecule has 21 heavy (non-hydrogen) atoms. The molecule has 0 aliphatic carbocycles. The summed E-state index contributed by atoms with van der Waals surface area (Å²) in [5.41, 5.74) is -0.332. The lowest BCUT2D eigenvalue weighted by molar-refractivity contribution is -0.138. The summed E-state index contributed by atoms with van der Waals surface area (Å²) < 4.78 is 27.1. The number of sulfonamides is 1. The Morgan fingerprint density at radius 2 is 2.05 bits per heavy atom. The zero-order chi connectivity index (χ0) is 16.3. The van der Waals surface area contributed by atoms with Gasteiger partial charge in [-0.15, -0.1) is 0 Å². The van der Waals surface area contributed by atoms with E-state index in [1.165, 1.54) is 24.3 Å². The Morgan fingerprint density at radius 1 is 1.43 bits per heavy atom. The van der Waals surface area contributed by atoms with E-state index in [4.69, 9.17) is 10.4 Å². The summed E-state index contributed by atoms with van der Waals surface area (Å²) in [7, 11) is -3.89. The summed E-state index contributed by atoms with van der Waals surface area (Å²) in [5, 5.41) is 17.7. The summed E-state index contributed by atoms with van der Waals surface area (Å²) >= 11 is 0. The van der Waals surface area contributed by atoms with Crippen LogP contribution in [0.1, 0.15) is 32.8 Å². The third kappa shape index (κ3) is 4.85. The second-order valence-electron chi connectivity index (χ2n) is 5.78. The van der Waals surface area contributed by atoms with Gasteiger partial charge in [0.25, 0.3) is 0 Å². The van der Waals surface area contributed by atoms with Crippen LogP contribution in [0.3, 0.4) is 0 Å². The lowest BCUT2D eigenvalue weighted by Crippen LogP contribution is -2.44. The number of aliphatic carboxylic acids is 1. The largest absolute Gasteiger partial charge is 0.481 e. The monoisotopic (exact) mass is 310 g/mol. The van der Waals surface area contributed by atoms with Crippen LogP contribution in [0.5, 0.6) is 0 Å². The molecule has 0 amide bonds. The molecule has 0 spiro atoms. The lowest BCUT2D eigenvalue weighted by Gasteiger charge is -2.30. The van der Waals surface area contributed by atoms with Crippen LogP contribution in [0.2, 0.25) is 0 Å². The third-order valence-electron chi connectivity index (χ3n) is 2.99. The minimum atomic E-state index is -3.89. The molecule has 0 saturated heterocycles. The van der Waals surface area contributed by atoms with E-state index in [1.54, 1.807) is 20.8 Å². The molecule has 0 radical (unpaired) electrons. The number of carboxylic acid groups (broad SMARTS) is 1. The third-order valence-corrected chi connectivity index (χ3v) is 4.46. The van der Waals surface area contributed by atoms with Gasteiger partial charge in [-0.25, -0.2) is 13.1 Å². The van der Waals surface area contributed by atoms with E-state index in [2.05, 4.69) is 4.72 Å². The van der Waals surface area contributed by atoms with Crippen LogP contribution < -0.4 is 4.72 Å². The highest BCUT2D eigenvalue weighted by molar-refractivity contribution is 7.89. The molecule has 7 heteroatoms. The molecule has 1 rings (SSSR count). The van der Waals surface area contributed by atoms with E-state index < -0.39 is 27.4 Å². The van der Waals surface area contributed by atoms with Gasteiger partial charge in [-0.05, 0) is 23.6 Å². The Morgan fingerprint density at radius 3 is 2.52 bits per heavy atom. The molecule has 1 atom stereocenters. The number of nitrogens with one attached hydrogen (secondary N) is 1. The summed E-state index contributed by atoms with van der Waals surface area (Å²) in [4.78, 5) is 10.8. The first-order valence-corrected chi connectivity index (χ1v) is 7.79. The first-order valence-electron chi connectivity index (χ1n) is 6.30. The van der Waals surface area contributed by atoms with Crippen LogP contribution in [0.25, 0.3) is 0 Å². The summed E-state index contributed by atoms with van der Waals surface area (Å²) in [6, 6.07) is 6.69. The summed E-state index contributed by atoms with van der Waals surface area (Å²) in [5.74, 6) is -1.08. The Kier molecular flexibility index (Phi) is 5.10. The van der Waals surface area contributed by atoms with Crippen LogP contribution in [-0.4, -0.2) is 25.5 Å². The Labute approximate surface area is 124 Å². The van der Waals surface area contributed by atoms with Gasteiger partial charge >= 0.3 is 5.97 Å². The number of hydrogen-bond donors (Lipinski definition) is 2. The van der Waals surface area contributed by atoms with E-state index in [0.717, 1.165) is 0 Å². The van der Waals surface area contributed by atoms with Gasteiger partial charge in [0.05, 0.1) is 22.9 Å². The van der Waals surface area contributed by atoms with Crippen molar-refractivity contribution < 1.29 is 18.3 Å². The average Bonchev–Trinajstić information content (AvgIpc) is 2.36. The minimum absolute atomic E-state index is 0.0545. The molecule has 1 unspecified atom stereocenters. The minimum Gasteiger partial charge on any atom is -0.481 e. The molecule has 0 aromatic heterocycles. The van der Waals surface area contributed by atoms with Crippen molar-refractivity contribution in [3.05, 3.63) is 29.8 Å². The van der Waals surface area contributed by atoms with Crippen molar-refractivity contribution in [2.75, 3.05) is 0 Å². The maximum atomic E-state index is 12.3. The molecular weight excluding hydrogens is 292 g/mol. The van der Waals surface area contributed by atoms with Gasteiger partial charge in [0.2, 0.25) is 10.0 Å². The molecule has 1 aromatic rings. The number of nitrogens with zero attached hydrogens (tertiary/aromatic N) is 1. The highest BCUT2D eigenvalue weighted by Crippen LogP contribution is 2.24. The molecule has 0 bridgehead atoms. The van der Waals surface area contributed by atoms with Crippen LogP contribution in [0.4, 0.5) is 0 Å². The molecule has 0 aliphatic rings.